The lowest BCUT2D eigenvalue weighted by atomic mass is 9.98. The van der Waals surface area contributed by atoms with Crippen molar-refractivity contribution in [2.75, 3.05) is 6.54 Å². The SMILES string of the molecule is CCCNC(Cc1cccc(Br)c1)c1ccc(C)c(Cl)c1. The van der Waals surface area contributed by atoms with Crippen LogP contribution in [0.1, 0.15) is 36.1 Å². The first-order chi connectivity index (χ1) is 10.1. The number of halogens is 2. The van der Waals surface area contributed by atoms with Crippen LogP contribution in [-0.4, -0.2) is 6.54 Å². The van der Waals surface area contributed by atoms with E-state index in [-0.39, 0.29) is 6.04 Å². The molecular weight excluding hydrogens is 346 g/mol. The van der Waals surface area contributed by atoms with Crippen molar-refractivity contribution in [3.63, 3.8) is 0 Å². The third kappa shape index (κ3) is 4.84. The number of hydrogen-bond acceptors (Lipinski definition) is 1. The van der Waals surface area contributed by atoms with Gasteiger partial charge in [0.2, 0.25) is 0 Å². The first kappa shape index (κ1) is 16.5. The van der Waals surface area contributed by atoms with E-state index in [1.165, 1.54) is 11.1 Å². The molecule has 3 heteroatoms. The molecule has 0 fully saturated rings. The van der Waals surface area contributed by atoms with Gasteiger partial charge in [0.25, 0.3) is 0 Å². The van der Waals surface area contributed by atoms with Crippen LogP contribution in [0, 0.1) is 6.92 Å². The summed E-state index contributed by atoms with van der Waals surface area (Å²) in [5, 5.41) is 4.46. The van der Waals surface area contributed by atoms with Crippen LogP contribution in [0.5, 0.6) is 0 Å². The summed E-state index contributed by atoms with van der Waals surface area (Å²) in [6.45, 7) is 5.23. The van der Waals surface area contributed by atoms with Gasteiger partial charge in [0.15, 0.2) is 0 Å². The van der Waals surface area contributed by atoms with E-state index in [0.29, 0.717) is 0 Å². The Morgan fingerprint density at radius 2 is 2.00 bits per heavy atom. The molecule has 2 aromatic carbocycles. The van der Waals surface area contributed by atoms with Crippen molar-refractivity contribution in [3.8, 4) is 0 Å². The van der Waals surface area contributed by atoms with Crippen LogP contribution < -0.4 is 5.32 Å². The molecule has 0 radical (unpaired) electrons. The fourth-order valence-corrected chi connectivity index (χ4v) is 2.99. The maximum Gasteiger partial charge on any atom is 0.0438 e. The lowest BCUT2D eigenvalue weighted by Gasteiger charge is -2.20. The van der Waals surface area contributed by atoms with Crippen molar-refractivity contribution in [3.05, 3.63) is 68.7 Å². The first-order valence-corrected chi connectivity index (χ1v) is 8.51. The van der Waals surface area contributed by atoms with Gasteiger partial charge in [0.05, 0.1) is 0 Å². The van der Waals surface area contributed by atoms with Crippen molar-refractivity contribution in [1.29, 1.82) is 0 Å². The van der Waals surface area contributed by atoms with E-state index in [4.69, 9.17) is 11.6 Å². The van der Waals surface area contributed by atoms with E-state index < -0.39 is 0 Å². The van der Waals surface area contributed by atoms with Gasteiger partial charge in [0.1, 0.15) is 0 Å². The van der Waals surface area contributed by atoms with Gasteiger partial charge >= 0.3 is 0 Å². The Balaban J connectivity index is 2.22. The van der Waals surface area contributed by atoms with E-state index in [9.17, 15) is 0 Å². The summed E-state index contributed by atoms with van der Waals surface area (Å²) in [7, 11) is 0. The van der Waals surface area contributed by atoms with Crippen LogP contribution in [0.3, 0.4) is 0 Å². The average Bonchev–Trinajstić information content (AvgIpc) is 2.46. The molecule has 0 bridgehead atoms. The Hall–Kier alpha value is -0.830. The zero-order valence-corrected chi connectivity index (χ0v) is 14.8. The third-order valence-electron chi connectivity index (χ3n) is 3.57. The summed E-state index contributed by atoms with van der Waals surface area (Å²) >= 11 is 9.83. The second kappa shape index (κ2) is 7.98. The molecule has 0 heterocycles. The van der Waals surface area contributed by atoms with Crippen LogP contribution in [0.4, 0.5) is 0 Å². The Labute approximate surface area is 140 Å². The molecule has 2 aromatic rings. The van der Waals surface area contributed by atoms with Crippen molar-refractivity contribution < 1.29 is 0 Å². The number of benzene rings is 2. The minimum Gasteiger partial charge on any atom is -0.310 e. The Morgan fingerprint density at radius 1 is 1.19 bits per heavy atom. The Morgan fingerprint density at radius 3 is 2.67 bits per heavy atom. The lowest BCUT2D eigenvalue weighted by Crippen LogP contribution is -2.24. The largest absolute Gasteiger partial charge is 0.310 e. The molecule has 0 saturated heterocycles. The van der Waals surface area contributed by atoms with Gasteiger partial charge in [0, 0.05) is 15.5 Å². The van der Waals surface area contributed by atoms with Crippen LogP contribution in [0.2, 0.25) is 5.02 Å². The number of rotatable bonds is 6. The normalized spacial score (nSPS) is 12.4. The standard InChI is InChI=1S/C18H21BrClN/c1-3-9-21-18(11-14-5-4-6-16(19)10-14)15-8-7-13(2)17(20)12-15/h4-8,10,12,18,21H,3,9,11H2,1-2H3. The fraction of sp³-hybridized carbons (Fsp3) is 0.333. The molecule has 2 rings (SSSR count). The Kier molecular flexibility index (Phi) is 6.28. The second-order valence-corrected chi connectivity index (χ2v) is 6.67. The minimum absolute atomic E-state index is 0.289. The van der Waals surface area contributed by atoms with Gasteiger partial charge in [-0.1, -0.05) is 58.7 Å². The van der Waals surface area contributed by atoms with Crippen molar-refractivity contribution >= 4 is 27.5 Å². The van der Waals surface area contributed by atoms with Gasteiger partial charge in [-0.3, -0.25) is 0 Å². The van der Waals surface area contributed by atoms with Gasteiger partial charge in [-0.25, -0.2) is 0 Å². The van der Waals surface area contributed by atoms with Gasteiger partial charge in [-0.05, 0) is 61.2 Å². The van der Waals surface area contributed by atoms with E-state index >= 15 is 0 Å². The summed E-state index contributed by atoms with van der Waals surface area (Å²) in [5.74, 6) is 0. The molecule has 0 spiro atoms. The molecule has 0 aliphatic rings. The summed E-state index contributed by atoms with van der Waals surface area (Å²) in [6.07, 6.45) is 2.08. The highest BCUT2D eigenvalue weighted by Crippen LogP contribution is 2.25. The maximum atomic E-state index is 6.28. The summed E-state index contributed by atoms with van der Waals surface area (Å²) in [4.78, 5) is 0. The van der Waals surface area contributed by atoms with Crippen LogP contribution >= 0.6 is 27.5 Å². The topological polar surface area (TPSA) is 12.0 Å². The predicted octanol–water partition coefficient (Wildman–Crippen LogP) is 5.69. The summed E-state index contributed by atoms with van der Waals surface area (Å²) < 4.78 is 1.12. The number of nitrogens with one attached hydrogen (secondary N) is 1. The molecule has 1 nitrogen and oxygen atoms in total. The number of aryl methyl sites for hydroxylation is 1. The highest BCUT2D eigenvalue weighted by molar-refractivity contribution is 9.10. The lowest BCUT2D eigenvalue weighted by molar-refractivity contribution is 0.529. The smallest absolute Gasteiger partial charge is 0.0438 e. The molecule has 1 atom stereocenters. The van der Waals surface area contributed by atoms with Crippen molar-refractivity contribution in [1.82, 2.24) is 5.32 Å². The zero-order valence-electron chi connectivity index (χ0n) is 12.5. The summed E-state index contributed by atoms with van der Waals surface area (Å²) in [6, 6.07) is 15.1. The zero-order chi connectivity index (χ0) is 15.2. The second-order valence-electron chi connectivity index (χ2n) is 5.35. The monoisotopic (exact) mass is 365 g/mol. The van der Waals surface area contributed by atoms with Crippen LogP contribution in [0.15, 0.2) is 46.9 Å². The maximum absolute atomic E-state index is 6.28. The van der Waals surface area contributed by atoms with E-state index in [0.717, 1.165) is 34.4 Å². The molecule has 21 heavy (non-hydrogen) atoms. The van der Waals surface area contributed by atoms with E-state index in [2.05, 4.69) is 70.6 Å². The quantitative estimate of drug-likeness (QED) is 0.692. The van der Waals surface area contributed by atoms with Gasteiger partial charge in [-0.2, -0.15) is 0 Å². The molecule has 0 saturated carbocycles. The van der Waals surface area contributed by atoms with Gasteiger partial charge in [-0.15, -0.1) is 0 Å². The predicted molar refractivity (Wildman–Crippen MR) is 95.1 cm³/mol. The number of hydrogen-bond donors (Lipinski definition) is 1. The molecular formula is C18H21BrClN. The van der Waals surface area contributed by atoms with Crippen LogP contribution in [-0.2, 0) is 6.42 Å². The van der Waals surface area contributed by atoms with E-state index in [1.807, 2.05) is 6.92 Å². The molecule has 1 N–H and O–H groups in total. The fourth-order valence-electron chi connectivity index (χ4n) is 2.35. The minimum atomic E-state index is 0.289. The molecule has 0 aliphatic heterocycles. The van der Waals surface area contributed by atoms with E-state index in [1.54, 1.807) is 0 Å². The van der Waals surface area contributed by atoms with Crippen molar-refractivity contribution in [2.24, 2.45) is 0 Å². The molecule has 0 aliphatic carbocycles. The molecule has 1 unspecified atom stereocenters. The highest BCUT2D eigenvalue weighted by atomic mass is 79.9. The average molecular weight is 367 g/mol. The molecule has 0 amide bonds. The summed E-state index contributed by atoms with van der Waals surface area (Å²) in [5.41, 5.74) is 3.69. The molecule has 112 valence electrons. The first-order valence-electron chi connectivity index (χ1n) is 7.34. The van der Waals surface area contributed by atoms with Crippen molar-refractivity contribution in [2.45, 2.75) is 32.7 Å². The van der Waals surface area contributed by atoms with Gasteiger partial charge < -0.3 is 5.32 Å². The Bertz CT molecular complexity index is 598. The van der Waals surface area contributed by atoms with Crippen LogP contribution in [0.25, 0.3) is 0 Å². The highest BCUT2D eigenvalue weighted by Gasteiger charge is 2.13. The molecule has 0 aromatic heterocycles. The third-order valence-corrected chi connectivity index (χ3v) is 4.47.